The molecular weight excluding hydrogens is 382 g/mol. The molecule has 1 N–H and O–H groups in total. The van der Waals surface area contributed by atoms with Crippen molar-refractivity contribution in [3.8, 4) is 17.1 Å². The number of carbonyl (C=O) groups excluding carboxylic acids is 1. The van der Waals surface area contributed by atoms with E-state index in [-0.39, 0.29) is 5.75 Å². The highest BCUT2D eigenvalue weighted by atomic mass is 32.2. The van der Waals surface area contributed by atoms with E-state index in [2.05, 4.69) is 18.8 Å². The lowest BCUT2D eigenvalue weighted by molar-refractivity contribution is 0.206. The van der Waals surface area contributed by atoms with Crippen molar-refractivity contribution in [3.63, 3.8) is 0 Å². The molecule has 8 nitrogen and oxygen atoms in total. The summed E-state index contributed by atoms with van der Waals surface area (Å²) in [4.78, 5) is 15.7. The predicted octanol–water partition coefficient (Wildman–Crippen LogP) is 3.27. The van der Waals surface area contributed by atoms with E-state index in [4.69, 9.17) is 9.15 Å². The van der Waals surface area contributed by atoms with E-state index in [0.29, 0.717) is 29.5 Å². The summed E-state index contributed by atoms with van der Waals surface area (Å²) < 4.78 is 35.9. The van der Waals surface area contributed by atoms with Gasteiger partial charge in [-0.05, 0) is 42.2 Å². The summed E-state index contributed by atoms with van der Waals surface area (Å²) in [6.45, 7) is 4.73. The SMILES string of the molecule is CC(C)Cc1ccc(OC(=O)NS(=O)[O-])c(-c2ccc(Cn3ccnc3)o2)c1. The number of hydrogen-bond donors (Lipinski definition) is 1. The molecule has 0 aliphatic rings. The van der Waals surface area contributed by atoms with Crippen LogP contribution in [0.5, 0.6) is 5.75 Å². The summed E-state index contributed by atoms with van der Waals surface area (Å²) in [5.41, 5.74) is 1.62. The molecule has 1 aromatic carbocycles. The van der Waals surface area contributed by atoms with Crippen molar-refractivity contribution in [3.05, 3.63) is 60.4 Å². The zero-order chi connectivity index (χ0) is 20.1. The first kappa shape index (κ1) is 19.8. The van der Waals surface area contributed by atoms with E-state index < -0.39 is 17.4 Å². The van der Waals surface area contributed by atoms with Gasteiger partial charge in [0.15, 0.2) is 0 Å². The second kappa shape index (κ2) is 8.85. The summed E-state index contributed by atoms with van der Waals surface area (Å²) in [6, 6.07) is 8.99. The maximum Gasteiger partial charge on any atom is 0.423 e. The zero-order valence-corrected chi connectivity index (χ0v) is 16.3. The minimum atomic E-state index is -2.75. The first-order valence-corrected chi connectivity index (χ1v) is 9.73. The lowest BCUT2D eigenvalue weighted by Crippen LogP contribution is -2.28. The van der Waals surface area contributed by atoms with Crippen molar-refractivity contribution in [2.45, 2.75) is 26.8 Å². The third-order valence-electron chi connectivity index (χ3n) is 3.88. The molecule has 0 aliphatic carbocycles. The van der Waals surface area contributed by atoms with Crippen LogP contribution in [0.4, 0.5) is 4.79 Å². The normalized spacial score (nSPS) is 12.1. The number of nitrogens with zero attached hydrogens (tertiary/aromatic N) is 2. The molecule has 0 saturated carbocycles. The summed E-state index contributed by atoms with van der Waals surface area (Å²) in [7, 11) is 0. The van der Waals surface area contributed by atoms with Crippen LogP contribution >= 0.6 is 0 Å². The Kier molecular flexibility index (Phi) is 6.27. The van der Waals surface area contributed by atoms with Crippen LogP contribution in [-0.2, 0) is 24.2 Å². The molecule has 0 bridgehead atoms. The molecule has 1 amide bonds. The summed E-state index contributed by atoms with van der Waals surface area (Å²) >= 11 is -2.75. The third kappa shape index (κ3) is 5.30. The highest BCUT2D eigenvalue weighted by molar-refractivity contribution is 7.77. The molecule has 0 saturated heterocycles. The number of furan rings is 1. The summed E-state index contributed by atoms with van der Waals surface area (Å²) in [6.07, 6.45) is 4.95. The minimum Gasteiger partial charge on any atom is -0.755 e. The number of imidazole rings is 1. The van der Waals surface area contributed by atoms with Gasteiger partial charge in [0.05, 0.1) is 18.4 Å². The number of amides is 1. The minimum absolute atomic E-state index is 0.207. The summed E-state index contributed by atoms with van der Waals surface area (Å²) in [5, 5.41) is 0. The van der Waals surface area contributed by atoms with Gasteiger partial charge in [-0.2, -0.15) is 0 Å². The zero-order valence-electron chi connectivity index (χ0n) is 15.5. The van der Waals surface area contributed by atoms with E-state index in [9.17, 15) is 13.6 Å². The largest absolute Gasteiger partial charge is 0.755 e. The smallest absolute Gasteiger partial charge is 0.423 e. The maximum absolute atomic E-state index is 11.7. The second-order valence-corrected chi connectivity index (χ2v) is 7.33. The van der Waals surface area contributed by atoms with Gasteiger partial charge in [0.1, 0.15) is 17.3 Å². The lowest BCUT2D eigenvalue weighted by Gasteiger charge is -2.13. The Morgan fingerprint density at radius 2 is 2.18 bits per heavy atom. The van der Waals surface area contributed by atoms with E-state index in [1.54, 1.807) is 29.4 Å². The highest BCUT2D eigenvalue weighted by Crippen LogP contribution is 2.33. The fourth-order valence-corrected chi connectivity index (χ4v) is 2.99. The van der Waals surface area contributed by atoms with Crippen LogP contribution < -0.4 is 9.46 Å². The Morgan fingerprint density at radius 3 is 2.86 bits per heavy atom. The van der Waals surface area contributed by atoms with Gasteiger partial charge in [-0.1, -0.05) is 19.9 Å². The van der Waals surface area contributed by atoms with E-state index in [0.717, 1.165) is 12.0 Å². The summed E-state index contributed by atoms with van der Waals surface area (Å²) in [5.74, 6) is 1.88. The Balaban J connectivity index is 1.90. The van der Waals surface area contributed by atoms with Crippen molar-refractivity contribution in [2.24, 2.45) is 5.92 Å². The number of benzene rings is 1. The van der Waals surface area contributed by atoms with E-state index >= 15 is 0 Å². The molecule has 0 fully saturated rings. The van der Waals surface area contributed by atoms with Gasteiger partial charge in [0.2, 0.25) is 0 Å². The van der Waals surface area contributed by atoms with Crippen LogP contribution in [0.2, 0.25) is 0 Å². The molecule has 1 unspecified atom stereocenters. The number of rotatable bonds is 7. The fraction of sp³-hybridized carbons (Fsp3) is 0.263. The van der Waals surface area contributed by atoms with Crippen molar-refractivity contribution in [1.29, 1.82) is 0 Å². The number of aromatic nitrogens is 2. The predicted molar refractivity (Wildman–Crippen MR) is 102 cm³/mol. The van der Waals surface area contributed by atoms with Gasteiger partial charge in [0.25, 0.3) is 0 Å². The quantitative estimate of drug-likeness (QED) is 0.608. The van der Waals surface area contributed by atoms with Crippen molar-refractivity contribution >= 4 is 17.4 Å². The topological polar surface area (TPSA) is 109 Å². The molecule has 2 heterocycles. The Morgan fingerprint density at radius 1 is 1.36 bits per heavy atom. The fourth-order valence-electron chi connectivity index (χ4n) is 2.81. The molecule has 0 aliphatic heterocycles. The van der Waals surface area contributed by atoms with Crippen LogP contribution in [0.15, 0.2) is 53.5 Å². The number of nitrogens with one attached hydrogen (secondary N) is 1. The van der Waals surface area contributed by atoms with Crippen LogP contribution in [-0.4, -0.2) is 24.4 Å². The molecule has 3 aromatic rings. The second-order valence-electron chi connectivity index (χ2n) is 6.66. The molecular formula is C19H20N3O5S-. The van der Waals surface area contributed by atoms with Gasteiger partial charge in [0, 0.05) is 23.7 Å². The molecule has 3 rings (SSSR count). The molecule has 9 heteroatoms. The molecule has 148 valence electrons. The first-order valence-electron chi connectivity index (χ1n) is 8.66. The van der Waals surface area contributed by atoms with Crippen LogP contribution in [0.1, 0.15) is 25.2 Å². The monoisotopic (exact) mass is 402 g/mol. The highest BCUT2D eigenvalue weighted by Gasteiger charge is 2.16. The van der Waals surface area contributed by atoms with Crippen LogP contribution in [0.3, 0.4) is 0 Å². The molecule has 0 spiro atoms. The van der Waals surface area contributed by atoms with Gasteiger partial charge < -0.3 is 18.3 Å². The molecule has 0 radical (unpaired) electrons. The Bertz CT molecular complexity index is 966. The third-order valence-corrected chi connectivity index (χ3v) is 4.22. The average molecular weight is 402 g/mol. The first-order chi connectivity index (χ1) is 13.4. The van der Waals surface area contributed by atoms with Gasteiger partial charge in [-0.3, -0.25) is 8.93 Å². The van der Waals surface area contributed by atoms with Crippen molar-refractivity contribution in [2.75, 3.05) is 0 Å². The van der Waals surface area contributed by atoms with Gasteiger partial charge in [-0.25, -0.2) is 9.78 Å². The van der Waals surface area contributed by atoms with Gasteiger partial charge in [-0.15, -0.1) is 0 Å². The standard InChI is InChI=1S/C19H21N3O5S/c1-13(2)9-14-3-5-18(27-19(23)21-28(24)25)16(10-14)17-6-4-15(26-17)11-22-8-7-20-12-22/h3-8,10,12-13H,9,11H2,1-2H3,(H,21,23)(H,24,25)/p-1. The maximum atomic E-state index is 11.7. The Hall–Kier alpha value is -2.91. The number of ether oxygens (including phenoxy) is 1. The number of carbonyl (C=O) groups is 1. The van der Waals surface area contributed by atoms with Crippen molar-refractivity contribution < 1.29 is 22.7 Å². The molecule has 28 heavy (non-hydrogen) atoms. The lowest BCUT2D eigenvalue weighted by atomic mass is 9.99. The van der Waals surface area contributed by atoms with E-state index in [1.165, 1.54) is 0 Å². The van der Waals surface area contributed by atoms with Gasteiger partial charge >= 0.3 is 6.09 Å². The van der Waals surface area contributed by atoms with Crippen molar-refractivity contribution in [1.82, 2.24) is 14.3 Å². The van der Waals surface area contributed by atoms with Crippen LogP contribution in [0, 0.1) is 5.92 Å². The molecule has 1 atom stereocenters. The molecule has 2 aromatic heterocycles. The number of hydrogen-bond acceptors (Lipinski definition) is 6. The Labute approximate surface area is 165 Å². The van der Waals surface area contributed by atoms with Crippen LogP contribution in [0.25, 0.3) is 11.3 Å². The van der Waals surface area contributed by atoms with E-state index in [1.807, 2.05) is 29.0 Å². The average Bonchev–Trinajstić information content (AvgIpc) is 3.27.